The standard InChI is InChI=1S/C21H18FNO2/c1-24-20-13-7-9-16(14-23-18-10-3-2-4-11-18)21(20)25-15-17-8-5-6-12-19(17)22/h2-14H,15H2,1H3. The Kier molecular flexibility index (Phi) is 5.42. The van der Waals surface area contributed by atoms with Gasteiger partial charge in [0.05, 0.1) is 12.8 Å². The van der Waals surface area contributed by atoms with Gasteiger partial charge in [-0.2, -0.15) is 0 Å². The first-order chi connectivity index (χ1) is 12.3. The summed E-state index contributed by atoms with van der Waals surface area (Å²) >= 11 is 0. The molecule has 0 aliphatic carbocycles. The number of halogens is 1. The van der Waals surface area contributed by atoms with Crippen LogP contribution < -0.4 is 9.47 Å². The molecule has 3 nitrogen and oxygen atoms in total. The molecule has 3 rings (SSSR count). The Morgan fingerprint density at radius 3 is 2.44 bits per heavy atom. The molecule has 0 fully saturated rings. The molecule has 0 saturated heterocycles. The highest BCUT2D eigenvalue weighted by molar-refractivity contribution is 5.86. The van der Waals surface area contributed by atoms with Gasteiger partial charge in [0.15, 0.2) is 11.5 Å². The summed E-state index contributed by atoms with van der Waals surface area (Å²) < 4.78 is 25.0. The topological polar surface area (TPSA) is 30.8 Å². The SMILES string of the molecule is COc1cccc(C=Nc2ccccc2)c1OCc1ccccc1F. The molecular formula is C21H18FNO2. The van der Waals surface area contributed by atoms with Crippen molar-refractivity contribution in [1.82, 2.24) is 0 Å². The van der Waals surface area contributed by atoms with Gasteiger partial charge in [-0.25, -0.2) is 4.39 Å². The molecule has 25 heavy (non-hydrogen) atoms. The quantitative estimate of drug-likeness (QED) is 0.582. The lowest BCUT2D eigenvalue weighted by Gasteiger charge is -2.13. The van der Waals surface area contributed by atoms with Gasteiger partial charge in [-0.3, -0.25) is 4.99 Å². The Bertz CT molecular complexity index is 863. The normalized spacial score (nSPS) is 10.8. The number of methoxy groups -OCH3 is 1. The minimum Gasteiger partial charge on any atom is -0.493 e. The molecular weight excluding hydrogens is 317 g/mol. The predicted octanol–water partition coefficient (Wildman–Crippen LogP) is 5.16. The lowest BCUT2D eigenvalue weighted by molar-refractivity contribution is 0.279. The minimum atomic E-state index is -0.295. The summed E-state index contributed by atoms with van der Waals surface area (Å²) in [6.07, 6.45) is 1.72. The van der Waals surface area contributed by atoms with Crippen molar-refractivity contribution < 1.29 is 13.9 Å². The molecule has 0 aliphatic heterocycles. The van der Waals surface area contributed by atoms with Gasteiger partial charge in [0.1, 0.15) is 12.4 Å². The monoisotopic (exact) mass is 335 g/mol. The summed E-state index contributed by atoms with van der Waals surface area (Å²) in [5.74, 6) is 0.818. The zero-order chi connectivity index (χ0) is 17.5. The van der Waals surface area contributed by atoms with Crippen LogP contribution in [-0.4, -0.2) is 13.3 Å². The first kappa shape index (κ1) is 16.7. The van der Waals surface area contributed by atoms with Gasteiger partial charge < -0.3 is 9.47 Å². The summed E-state index contributed by atoms with van der Waals surface area (Å²) in [7, 11) is 1.57. The van der Waals surface area contributed by atoms with Gasteiger partial charge in [-0.1, -0.05) is 42.5 Å². The smallest absolute Gasteiger partial charge is 0.170 e. The Labute approximate surface area is 146 Å². The van der Waals surface area contributed by atoms with E-state index in [1.165, 1.54) is 6.07 Å². The Balaban J connectivity index is 1.86. The Hall–Kier alpha value is -3.14. The average molecular weight is 335 g/mol. The van der Waals surface area contributed by atoms with Crippen molar-refractivity contribution >= 4 is 11.9 Å². The molecule has 0 spiro atoms. The Morgan fingerprint density at radius 1 is 0.920 bits per heavy atom. The summed E-state index contributed by atoms with van der Waals surface area (Å²) in [6.45, 7) is 0.110. The van der Waals surface area contributed by atoms with Crippen LogP contribution in [0.5, 0.6) is 11.5 Å². The minimum absolute atomic E-state index is 0.110. The number of rotatable bonds is 6. The van der Waals surface area contributed by atoms with Crippen LogP contribution in [0.3, 0.4) is 0 Å². The van der Waals surface area contributed by atoms with E-state index in [9.17, 15) is 4.39 Å². The van der Waals surface area contributed by atoms with Crippen LogP contribution >= 0.6 is 0 Å². The third-order valence-corrected chi connectivity index (χ3v) is 3.67. The molecule has 0 atom stereocenters. The van der Waals surface area contributed by atoms with Crippen LogP contribution in [0.2, 0.25) is 0 Å². The van der Waals surface area contributed by atoms with Crippen molar-refractivity contribution in [2.75, 3.05) is 7.11 Å². The molecule has 0 saturated carbocycles. The third kappa shape index (κ3) is 4.23. The lowest BCUT2D eigenvalue weighted by atomic mass is 10.2. The van der Waals surface area contributed by atoms with Crippen molar-refractivity contribution in [2.45, 2.75) is 6.61 Å². The van der Waals surface area contributed by atoms with E-state index in [4.69, 9.17) is 9.47 Å². The molecule has 0 radical (unpaired) electrons. The van der Waals surface area contributed by atoms with E-state index in [1.54, 1.807) is 37.6 Å². The molecule has 0 aliphatic rings. The second kappa shape index (κ2) is 8.11. The number of nitrogens with zero attached hydrogens (tertiary/aromatic N) is 1. The lowest BCUT2D eigenvalue weighted by Crippen LogP contribution is -2.02. The van der Waals surface area contributed by atoms with Gasteiger partial charge in [0, 0.05) is 17.3 Å². The van der Waals surface area contributed by atoms with Crippen LogP contribution in [0, 0.1) is 5.82 Å². The van der Waals surface area contributed by atoms with Crippen LogP contribution in [0.25, 0.3) is 0 Å². The number of aliphatic imine (C=N–C) groups is 1. The molecule has 3 aromatic rings. The van der Waals surface area contributed by atoms with E-state index in [0.717, 1.165) is 11.3 Å². The fourth-order valence-corrected chi connectivity index (χ4v) is 2.37. The zero-order valence-electron chi connectivity index (χ0n) is 13.9. The number of ether oxygens (including phenoxy) is 2. The number of hydrogen-bond donors (Lipinski definition) is 0. The van der Waals surface area contributed by atoms with Crippen LogP contribution in [0.15, 0.2) is 77.8 Å². The highest BCUT2D eigenvalue weighted by Crippen LogP contribution is 2.31. The molecule has 4 heteroatoms. The molecule has 126 valence electrons. The second-order valence-corrected chi connectivity index (χ2v) is 5.35. The van der Waals surface area contributed by atoms with Crippen molar-refractivity contribution in [3.63, 3.8) is 0 Å². The highest BCUT2D eigenvalue weighted by Gasteiger charge is 2.11. The number of benzene rings is 3. The molecule has 0 unspecified atom stereocenters. The van der Waals surface area contributed by atoms with Gasteiger partial charge in [0.2, 0.25) is 0 Å². The molecule has 0 heterocycles. The van der Waals surface area contributed by atoms with Crippen LogP contribution in [0.1, 0.15) is 11.1 Å². The van der Waals surface area contributed by atoms with Gasteiger partial charge in [0.25, 0.3) is 0 Å². The summed E-state index contributed by atoms with van der Waals surface area (Å²) in [6, 6.07) is 21.7. The maximum atomic E-state index is 13.8. The second-order valence-electron chi connectivity index (χ2n) is 5.35. The van der Waals surface area contributed by atoms with E-state index in [2.05, 4.69) is 4.99 Å². The van der Waals surface area contributed by atoms with Crippen molar-refractivity contribution in [3.05, 3.63) is 89.7 Å². The molecule has 3 aromatic carbocycles. The van der Waals surface area contributed by atoms with E-state index in [0.29, 0.717) is 17.1 Å². The van der Waals surface area contributed by atoms with Gasteiger partial charge in [-0.15, -0.1) is 0 Å². The average Bonchev–Trinajstić information content (AvgIpc) is 2.66. The zero-order valence-corrected chi connectivity index (χ0v) is 13.9. The first-order valence-corrected chi connectivity index (χ1v) is 7.90. The summed E-state index contributed by atoms with van der Waals surface area (Å²) in [5, 5.41) is 0. The van der Waals surface area contributed by atoms with Crippen molar-refractivity contribution in [1.29, 1.82) is 0 Å². The summed E-state index contributed by atoms with van der Waals surface area (Å²) in [5.41, 5.74) is 2.09. The molecule has 0 amide bonds. The van der Waals surface area contributed by atoms with Gasteiger partial charge >= 0.3 is 0 Å². The van der Waals surface area contributed by atoms with E-state index in [-0.39, 0.29) is 12.4 Å². The fourth-order valence-electron chi connectivity index (χ4n) is 2.37. The van der Waals surface area contributed by atoms with Gasteiger partial charge in [-0.05, 0) is 30.3 Å². The largest absolute Gasteiger partial charge is 0.493 e. The molecule has 0 bridgehead atoms. The Morgan fingerprint density at radius 2 is 1.68 bits per heavy atom. The fraction of sp³-hybridized carbons (Fsp3) is 0.0952. The van der Waals surface area contributed by atoms with E-state index in [1.807, 2.05) is 42.5 Å². The van der Waals surface area contributed by atoms with E-state index >= 15 is 0 Å². The number of hydrogen-bond acceptors (Lipinski definition) is 3. The van der Waals surface area contributed by atoms with Crippen LogP contribution in [-0.2, 0) is 6.61 Å². The van der Waals surface area contributed by atoms with Crippen molar-refractivity contribution in [2.24, 2.45) is 4.99 Å². The molecule has 0 N–H and O–H groups in total. The van der Waals surface area contributed by atoms with Crippen molar-refractivity contribution in [3.8, 4) is 11.5 Å². The third-order valence-electron chi connectivity index (χ3n) is 3.67. The maximum absolute atomic E-state index is 13.8. The maximum Gasteiger partial charge on any atom is 0.170 e. The summed E-state index contributed by atoms with van der Waals surface area (Å²) in [4.78, 5) is 4.45. The number of para-hydroxylation sites is 2. The first-order valence-electron chi connectivity index (χ1n) is 7.90. The van der Waals surface area contributed by atoms with E-state index < -0.39 is 0 Å². The highest BCUT2D eigenvalue weighted by atomic mass is 19.1. The van der Waals surface area contributed by atoms with Crippen LogP contribution in [0.4, 0.5) is 10.1 Å². The predicted molar refractivity (Wildman–Crippen MR) is 97.4 cm³/mol. The molecule has 0 aromatic heterocycles.